The number of hydrogen-bond acceptors (Lipinski definition) is 5. The van der Waals surface area contributed by atoms with Crippen molar-refractivity contribution in [1.29, 1.82) is 0 Å². The number of nitrogens with zero attached hydrogens (tertiary/aromatic N) is 3. The van der Waals surface area contributed by atoms with E-state index in [1.54, 1.807) is 27.7 Å². The third-order valence-electron chi connectivity index (χ3n) is 2.83. The lowest BCUT2D eigenvalue weighted by Gasteiger charge is -2.01. The van der Waals surface area contributed by atoms with E-state index in [0.717, 1.165) is 20.1 Å². The highest BCUT2D eigenvalue weighted by atomic mass is 32.2. The van der Waals surface area contributed by atoms with Crippen molar-refractivity contribution in [3.8, 4) is 0 Å². The first-order valence-electron chi connectivity index (χ1n) is 5.84. The van der Waals surface area contributed by atoms with Crippen LogP contribution in [0.25, 0.3) is 10.2 Å². The van der Waals surface area contributed by atoms with Gasteiger partial charge in [0.05, 0.1) is 16.5 Å². The minimum Gasteiger partial charge on any atom is -0.476 e. The van der Waals surface area contributed by atoms with Crippen LogP contribution in [0.15, 0.2) is 35.1 Å². The molecule has 0 amide bonds. The van der Waals surface area contributed by atoms with Crippen LogP contribution in [0.2, 0.25) is 0 Å². The third-order valence-corrected chi connectivity index (χ3v) is 4.83. The predicted molar refractivity (Wildman–Crippen MR) is 79.7 cm³/mol. The van der Waals surface area contributed by atoms with Gasteiger partial charge in [0, 0.05) is 12.7 Å². The van der Waals surface area contributed by atoms with Crippen molar-refractivity contribution in [3.63, 3.8) is 0 Å². The molecule has 0 aliphatic rings. The molecule has 0 aliphatic carbocycles. The maximum atomic E-state index is 10.8. The van der Waals surface area contributed by atoms with Gasteiger partial charge in [0.2, 0.25) is 0 Å². The molecule has 0 saturated carbocycles. The van der Waals surface area contributed by atoms with Crippen molar-refractivity contribution < 1.29 is 9.90 Å². The summed E-state index contributed by atoms with van der Waals surface area (Å²) in [7, 11) is 0. The number of imidazole rings is 1. The van der Waals surface area contributed by atoms with Crippen LogP contribution in [0, 0.1) is 0 Å². The molecule has 0 unspecified atom stereocenters. The van der Waals surface area contributed by atoms with Gasteiger partial charge in [-0.25, -0.2) is 14.8 Å². The summed E-state index contributed by atoms with van der Waals surface area (Å²) in [5.74, 6) is -1.01. The Morgan fingerprint density at radius 1 is 1.50 bits per heavy atom. The van der Waals surface area contributed by atoms with Gasteiger partial charge in [-0.2, -0.15) is 0 Å². The highest BCUT2D eigenvalue weighted by Gasteiger charge is 2.08. The fourth-order valence-electron chi connectivity index (χ4n) is 1.90. The normalized spacial score (nSPS) is 11.1. The Morgan fingerprint density at radius 3 is 3.05 bits per heavy atom. The first-order valence-corrected chi connectivity index (χ1v) is 7.88. The lowest BCUT2D eigenvalue weighted by molar-refractivity contribution is 0.0691. The van der Waals surface area contributed by atoms with Crippen molar-refractivity contribution in [2.75, 3.05) is 6.26 Å². The number of rotatable bonds is 4. The van der Waals surface area contributed by atoms with Crippen LogP contribution in [0.4, 0.5) is 0 Å². The van der Waals surface area contributed by atoms with Crippen LogP contribution in [0.3, 0.4) is 0 Å². The summed E-state index contributed by atoms with van der Waals surface area (Å²) < 4.78 is 3.96. The predicted octanol–water partition coefficient (Wildman–Crippen LogP) is 2.96. The van der Waals surface area contributed by atoms with Gasteiger partial charge >= 0.3 is 5.97 Å². The molecule has 0 atom stereocenters. The number of thiazole rings is 1. The molecular formula is C13H11N3O2S2. The summed E-state index contributed by atoms with van der Waals surface area (Å²) >= 11 is 3.30. The first-order chi connectivity index (χ1) is 9.65. The second-order valence-electron chi connectivity index (χ2n) is 4.22. The second kappa shape index (κ2) is 5.26. The monoisotopic (exact) mass is 305 g/mol. The van der Waals surface area contributed by atoms with Crippen LogP contribution in [-0.4, -0.2) is 31.9 Å². The Hall–Kier alpha value is -1.86. The van der Waals surface area contributed by atoms with Crippen LogP contribution >= 0.6 is 23.1 Å². The van der Waals surface area contributed by atoms with Crippen LogP contribution in [0.5, 0.6) is 0 Å². The zero-order valence-corrected chi connectivity index (χ0v) is 12.2. The molecule has 20 heavy (non-hydrogen) atoms. The molecule has 0 fully saturated rings. The summed E-state index contributed by atoms with van der Waals surface area (Å²) in [5.41, 5.74) is 2.16. The summed E-state index contributed by atoms with van der Waals surface area (Å²) in [6, 6.07) is 6.09. The molecule has 102 valence electrons. The molecule has 0 saturated heterocycles. The molecular weight excluding hydrogens is 294 g/mol. The maximum absolute atomic E-state index is 10.8. The van der Waals surface area contributed by atoms with E-state index in [-0.39, 0.29) is 5.69 Å². The number of carboxylic acid groups (broad SMARTS) is 1. The molecule has 0 spiro atoms. The standard InChI is InChI=1S/C13H11N3O2S2/c1-19-13-15-9-3-2-8(4-11(9)20-13)5-16-6-10(12(17)18)14-7-16/h2-4,6-7H,5H2,1H3,(H,17,18). The Labute approximate surface area is 123 Å². The van der Waals surface area contributed by atoms with Crippen LogP contribution < -0.4 is 0 Å². The largest absolute Gasteiger partial charge is 0.476 e. The van der Waals surface area contributed by atoms with Crippen molar-refractivity contribution in [3.05, 3.63) is 42.0 Å². The fourth-order valence-corrected chi connectivity index (χ4v) is 3.45. The van der Waals surface area contributed by atoms with E-state index in [0.29, 0.717) is 6.54 Å². The SMILES string of the molecule is CSc1nc2ccc(Cn3cnc(C(=O)O)c3)cc2s1. The smallest absolute Gasteiger partial charge is 0.356 e. The van der Waals surface area contributed by atoms with Crippen molar-refractivity contribution in [1.82, 2.24) is 14.5 Å². The number of aromatic carboxylic acids is 1. The Kier molecular flexibility index (Phi) is 3.45. The van der Waals surface area contributed by atoms with Gasteiger partial charge < -0.3 is 9.67 Å². The van der Waals surface area contributed by atoms with Gasteiger partial charge in [0.1, 0.15) is 0 Å². The molecule has 3 aromatic rings. The summed E-state index contributed by atoms with van der Waals surface area (Å²) in [4.78, 5) is 19.1. The van der Waals surface area contributed by atoms with Crippen LogP contribution in [0.1, 0.15) is 16.1 Å². The molecule has 2 heterocycles. The molecule has 3 rings (SSSR count). The minimum atomic E-state index is -1.01. The first kappa shape index (κ1) is 13.1. The average Bonchev–Trinajstić information content (AvgIpc) is 3.04. The number of benzene rings is 1. The second-order valence-corrected chi connectivity index (χ2v) is 6.31. The third kappa shape index (κ3) is 2.54. The van der Waals surface area contributed by atoms with E-state index < -0.39 is 5.97 Å². The summed E-state index contributed by atoms with van der Waals surface area (Å²) in [5, 5.41) is 8.85. The summed E-state index contributed by atoms with van der Waals surface area (Å²) in [6.45, 7) is 0.600. The minimum absolute atomic E-state index is 0.0635. The lowest BCUT2D eigenvalue weighted by atomic mass is 10.2. The molecule has 0 bridgehead atoms. The van der Waals surface area contributed by atoms with Gasteiger partial charge in [-0.1, -0.05) is 17.8 Å². The molecule has 0 aliphatic heterocycles. The Morgan fingerprint density at radius 2 is 2.35 bits per heavy atom. The van der Waals surface area contributed by atoms with Crippen LogP contribution in [-0.2, 0) is 6.54 Å². The van der Waals surface area contributed by atoms with Gasteiger partial charge in [-0.3, -0.25) is 0 Å². The number of fused-ring (bicyclic) bond motifs is 1. The highest BCUT2D eigenvalue weighted by Crippen LogP contribution is 2.28. The van der Waals surface area contributed by atoms with Gasteiger partial charge in [0.25, 0.3) is 0 Å². The number of aromatic nitrogens is 3. The van der Waals surface area contributed by atoms with Gasteiger partial charge in [-0.05, 0) is 24.0 Å². The molecule has 1 aromatic carbocycles. The summed E-state index contributed by atoms with van der Waals surface area (Å²) in [6.07, 6.45) is 5.08. The van der Waals surface area contributed by atoms with E-state index in [9.17, 15) is 4.79 Å². The average molecular weight is 305 g/mol. The Balaban J connectivity index is 1.87. The van der Waals surface area contributed by atoms with Crippen molar-refractivity contribution in [2.45, 2.75) is 10.9 Å². The maximum Gasteiger partial charge on any atom is 0.356 e. The molecule has 2 aromatic heterocycles. The number of carbonyl (C=O) groups is 1. The number of hydrogen-bond donors (Lipinski definition) is 1. The number of thioether (sulfide) groups is 1. The Bertz CT molecular complexity index is 779. The molecule has 5 nitrogen and oxygen atoms in total. The van der Waals surface area contributed by atoms with Crippen molar-refractivity contribution in [2.24, 2.45) is 0 Å². The van der Waals surface area contributed by atoms with Gasteiger partial charge in [-0.15, -0.1) is 11.3 Å². The van der Waals surface area contributed by atoms with Crippen molar-refractivity contribution >= 4 is 39.3 Å². The zero-order chi connectivity index (χ0) is 14.1. The molecule has 1 N–H and O–H groups in total. The van der Waals surface area contributed by atoms with E-state index in [1.807, 2.05) is 18.4 Å². The van der Waals surface area contributed by atoms with E-state index in [4.69, 9.17) is 5.11 Å². The zero-order valence-electron chi connectivity index (χ0n) is 10.6. The highest BCUT2D eigenvalue weighted by molar-refractivity contribution is 8.00. The van der Waals surface area contributed by atoms with Gasteiger partial charge in [0.15, 0.2) is 10.0 Å². The topological polar surface area (TPSA) is 68.0 Å². The molecule has 7 heteroatoms. The van der Waals surface area contributed by atoms with E-state index >= 15 is 0 Å². The number of carboxylic acids is 1. The quantitative estimate of drug-likeness (QED) is 0.751. The fraction of sp³-hybridized carbons (Fsp3) is 0.154. The molecule has 0 radical (unpaired) electrons. The lowest BCUT2D eigenvalue weighted by Crippen LogP contribution is -1.98. The van der Waals surface area contributed by atoms with E-state index in [1.165, 1.54) is 12.5 Å². The van der Waals surface area contributed by atoms with E-state index in [2.05, 4.69) is 16.0 Å².